The minimum Gasteiger partial charge on any atom is -0.490 e. The predicted octanol–water partition coefficient (Wildman–Crippen LogP) is 2.84. The molecule has 2 N–H and O–H groups in total. The van der Waals surface area contributed by atoms with Gasteiger partial charge in [-0.25, -0.2) is 9.19 Å². The maximum absolute atomic E-state index is 12.2. The summed E-state index contributed by atoms with van der Waals surface area (Å²) in [5.41, 5.74) is 2.21. The predicted molar refractivity (Wildman–Crippen MR) is 88.9 cm³/mol. The summed E-state index contributed by atoms with van der Waals surface area (Å²) in [6, 6.07) is 5.10. The Morgan fingerprint density at radius 3 is 2.96 bits per heavy atom. The molecule has 0 spiro atoms. The van der Waals surface area contributed by atoms with E-state index in [1.54, 1.807) is 30.7 Å². The summed E-state index contributed by atoms with van der Waals surface area (Å²) in [4.78, 5) is 9.08. The Hall–Kier alpha value is -2.23. The molecule has 1 aliphatic rings. The smallest absolute Gasteiger partial charge is 0.390 e. The van der Waals surface area contributed by atoms with Crippen LogP contribution in [0.4, 0.5) is 24.5 Å². The normalized spacial score (nSPS) is 15.4. The Morgan fingerprint density at radius 2 is 2.24 bits per heavy atom. The highest BCUT2D eigenvalue weighted by atomic mass is 32.2. The zero-order valence-electron chi connectivity index (χ0n) is 13.2. The van der Waals surface area contributed by atoms with E-state index in [1.807, 2.05) is 0 Å². The third-order valence-electron chi connectivity index (χ3n) is 3.64. The van der Waals surface area contributed by atoms with Crippen LogP contribution < -0.4 is 14.4 Å². The Morgan fingerprint density at radius 1 is 1.40 bits per heavy atom. The van der Waals surface area contributed by atoms with Crippen molar-refractivity contribution in [3.05, 3.63) is 36.4 Å². The van der Waals surface area contributed by atoms with E-state index in [9.17, 15) is 17.4 Å². The molecule has 2 aromatic rings. The third-order valence-corrected chi connectivity index (χ3v) is 4.68. The standard InChI is InChI=1S/C15H17F3N4O2S/c16-15(17,18)3-6-25(23)21-11-1-2-14-13(7-11)22(4-5-24-14)9-12-8-19-10-20-12/h1-2,7-8,10,21H,3-6,9H2,(H,19,20). The molecule has 0 saturated carbocycles. The highest BCUT2D eigenvalue weighted by Crippen LogP contribution is 2.35. The van der Waals surface area contributed by atoms with Crippen molar-refractivity contribution in [3.8, 4) is 5.75 Å². The van der Waals surface area contributed by atoms with Crippen LogP contribution in [0.15, 0.2) is 30.7 Å². The lowest BCUT2D eigenvalue weighted by molar-refractivity contribution is -0.129. The average Bonchev–Trinajstić information content (AvgIpc) is 3.06. The van der Waals surface area contributed by atoms with Gasteiger partial charge < -0.3 is 19.3 Å². The summed E-state index contributed by atoms with van der Waals surface area (Å²) in [6.45, 7) is 1.79. The lowest BCUT2D eigenvalue weighted by Gasteiger charge is -2.31. The first-order valence-corrected chi connectivity index (χ1v) is 8.93. The fourth-order valence-electron chi connectivity index (χ4n) is 2.47. The van der Waals surface area contributed by atoms with Crippen molar-refractivity contribution in [1.82, 2.24) is 9.97 Å². The lowest BCUT2D eigenvalue weighted by atomic mass is 10.2. The van der Waals surface area contributed by atoms with Crippen molar-refractivity contribution < 1.29 is 22.1 Å². The first-order valence-electron chi connectivity index (χ1n) is 7.61. The number of aromatic nitrogens is 2. The van der Waals surface area contributed by atoms with E-state index < -0.39 is 29.3 Å². The number of nitrogens with one attached hydrogen (secondary N) is 2. The third kappa shape index (κ3) is 4.88. The molecule has 1 unspecified atom stereocenters. The van der Waals surface area contributed by atoms with Crippen LogP contribution >= 0.6 is 0 Å². The molecule has 0 bridgehead atoms. The van der Waals surface area contributed by atoms with Crippen LogP contribution in [0.5, 0.6) is 5.75 Å². The number of halogens is 3. The second-order valence-electron chi connectivity index (χ2n) is 5.55. The maximum Gasteiger partial charge on any atom is 0.390 e. The molecule has 0 aliphatic carbocycles. The van der Waals surface area contributed by atoms with Crippen LogP contribution in [-0.2, 0) is 17.5 Å². The van der Waals surface area contributed by atoms with Crippen LogP contribution in [0.3, 0.4) is 0 Å². The molecular weight excluding hydrogens is 357 g/mol. The Bertz CT molecular complexity index is 737. The molecule has 3 rings (SSSR count). The van der Waals surface area contributed by atoms with Gasteiger partial charge in [-0.2, -0.15) is 13.2 Å². The highest BCUT2D eigenvalue weighted by molar-refractivity contribution is 7.86. The van der Waals surface area contributed by atoms with Crippen molar-refractivity contribution in [2.24, 2.45) is 0 Å². The number of aromatic amines is 1. The molecule has 136 valence electrons. The van der Waals surface area contributed by atoms with E-state index in [0.717, 1.165) is 11.4 Å². The first-order chi connectivity index (χ1) is 11.9. The van der Waals surface area contributed by atoms with E-state index >= 15 is 0 Å². The minimum absolute atomic E-state index is 0.486. The van der Waals surface area contributed by atoms with Crippen LogP contribution in [0.25, 0.3) is 0 Å². The zero-order chi connectivity index (χ0) is 17.9. The number of nitrogens with zero attached hydrogens (tertiary/aromatic N) is 2. The monoisotopic (exact) mass is 374 g/mol. The number of anilines is 2. The number of hydrogen-bond donors (Lipinski definition) is 2. The molecular formula is C15H17F3N4O2S. The SMILES string of the molecule is O=S(CCC(F)(F)F)Nc1ccc2c(c1)N(Cc1cnc[nH]1)CCO2. The molecule has 0 fully saturated rings. The van der Waals surface area contributed by atoms with Gasteiger partial charge >= 0.3 is 6.18 Å². The molecule has 25 heavy (non-hydrogen) atoms. The Kier molecular flexibility index (Phi) is 5.16. The van der Waals surface area contributed by atoms with Crippen LogP contribution in [0, 0.1) is 0 Å². The summed E-state index contributed by atoms with van der Waals surface area (Å²) >= 11 is 0. The summed E-state index contributed by atoms with van der Waals surface area (Å²) in [5.74, 6) is 0.187. The summed E-state index contributed by atoms with van der Waals surface area (Å²) < 4.78 is 56.7. The van der Waals surface area contributed by atoms with Gasteiger partial charge in [-0.05, 0) is 18.2 Å². The fourth-order valence-corrected chi connectivity index (χ4v) is 3.38. The number of benzene rings is 1. The van der Waals surface area contributed by atoms with Gasteiger partial charge in [0.15, 0.2) is 0 Å². The summed E-state index contributed by atoms with van der Waals surface area (Å²) in [5, 5.41) is 0. The molecule has 0 radical (unpaired) electrons. The van der Waals surface area contributed by atoms with Gasteiger partial charge in [0.2, 0.25) is 0 Å². The second-order valence-corrected chi connectivity index (χ2v) is 6.85. The average molecular weight is 374 g/mol. The van der Waals surface area contributed by atoms with Crippen molar-refractivity contribution >= 4 is 22.4 Å². The molecule has 1 aromatic heterocycles. The van der Waals surface area contributed by atoms with E-state index in [1.165, 1.54) is 0 Å². The molecule has 1 aromatic carbocycles. The van der Waals surface area contributed by atoms with Gasteiger partial charge in [0.1, 0.15) is 23.3 Å². The number of imidazole rings is 1. The van der Waals surface area contributed by atoms with Crippen molar-refractivity contribution in [1.29, 1.82) is 0 Å². The fraction of sp³-hybridized carbons (Fsp3) is 0.400. The number of H-pyrrole nitrogens is 1. The van der Waals surface area contributed by atoms with Crippen molar-refractivity contribution in [2.75, 3.05) is 28.5 Å². The lowest BCUT2D eigenvalue weighted by Crippen LogP contribution is -2.32. The van der Waals surface area contributed by atoms with Crippen LogP contribution in [0.2, 0.25) is 0 Å². The Balaban J connectivity index is 1.70. The Labute approximate surface area is 145 Å². The highest BCUT2D eigenvalue weighted by Gasteiger charge is 2.27. The van der Waals surface area contributed by atoms with Crippen LogP contribution in [0.1, 0.15) is 12.1 Å². The maximum atomic E-state index is 12.2. The quantitative estimate of drug-likeness (QED) is 0.816. The zero-order valence-corrected chi connectivity index (χ0v) is 14.0. The minimum atomic E-state index is -4.32. The first kappa shape index (κ1) is 17.6. The number of hydrogen-bond acceptors (Lipinski definition) is 4. The number of rotatable bonds is 6. The van der Waals surface area contributed by atoms with Gasteiger partial charge in [0, 0.05) is 11.9 Å². The molecule has 0 amide bonds. The molecule has 10 heteroatoms. The van der Waals surface area contributed by atoms with Crippen molar-refractivity contribution in [2.45, 2.75) is 19.1 Å². The summed E-state index contributed by atoms with van der Waals surface area (Å²) in [6.07, 6.45) is -2.09. The van der Waals surface area contributed by atoms with E-state index in [2.05, 4.69) is 19.6 Å². The van der Waals surface area contributed by atoms with E-state index in [-0.39, 0.29) is 0 Å². The molecule has 2 heterocycles. The largest absolute Gasteiger partial charge is 0.490 e. The molecule has 1 atom stereocenters. The second kappa shape index (κ2) is 7.34. The topological polar surface area (TPSA) is 70.2 Å². The van der Waals surface area contributed by atoms with Gasteiger partial charge in [-0.15, -0.1) is 0 Å². The number of fused-ring (bicyclic) bond motifs is 1. The molecule has 0 saturated heterocycles. The van der Waals surface area contributed by atoms with Gasteiger partial charge in [-0.1, -0.05) is 0 Å². The van der Waals surface area contributed by atoms with Crippen LogP contribution in [-0.4, -0.2) is 39.3 Å². The molecule has 6 nitrogen and oxygen atoms in total. The van der Waals surface area contributed by atoms with E-state index in [4.69, 9.17) is 4.74 Å². The van der Waals surface area contributed by atoms with Gasteiger partial charge in [0.05, 0.1) is 43.0 Å². The van der Waals surface area contributed by atoms with Gasteiger partial charge in [0.25, 0.3) is 0 Å². The van der Waals surface area contributed by atoms with Gasteiger partial charge in [-0.3, -0.25) is 0 Å². The van der Waals surface area contributed by atoms with E-state index in [0.29, 0.717) is 31.1 Å². The number of ether oxygens (including phenoxy) is 1. The molecule has 1 aliphatic heterocycles. The number of alkyl halides is 3. The van der Waals surface area contributed by atoms with Crippen molar-refractivity contribution in [3.63, 3.8) is 0 Å². The summed E-state index contributed by atoms with van der Waals surface area (Å²) in [7, 11) is -1.81.